The van der Waals surface area contributed by atoms with Crippen LogP contribution in [0, 0.1) is 11.0 Å². The van der Waals surface area contributed by atoms with Crippen LogP contribution in [0.5, 0.6) is 0 Å². The number of hydrogen-bond donors (Lipinski definition) is 1. The van der Waals surface area contributed by atoms with Crippen molar-refractivity contribution in [1.82, 2.24) is 4.98 Å². The van der Waals surface area contributed by atoms with Gasteiger partial charge in [-0.25, -0.2) is 14.2 Å². The highest BCUT2D eigenvalue weighted by Crippen LogP contribution is 2.33. The molecule has 0 aliphatic carbocycles. The molecule has 0 saturated carbocycles. The van der Waals surface area contributed by atoms with Crippen molar-refractivity contribution < 1.29 is 31.8 Å². The van der Waals surface area contributed by atoms with E-state index in [4.69, 9.17) is 17.3 Å². The molecular formula is C13H8ClF4N3O3. The van der Waals surface area contributed by atoms with Gasteiger partial charge >= 0.3 is 12.1 Å². The molecular weight excluding hydrogens is 358 g/mol. The summed E-state index contributed by atoms with van der Waals surface area (Å²) in [5.74, 6) is -2.22. The van der Waals surface area contributed by atoms with Gasteiger partial charge in [-0.15, -0.1) is 0 Å². The zero-order chi connectivity index (χ0) is 18.2. The molecule has 0 atom stereocenters. The molecule has 0 spiro atoms. The van der Waals surface area contributed by atoms with Gasteiger partial charge in [0.25, 0.3) is 5.69 Å². The minimum atomic E-state index is -4.89. The highest BCUT2D eigenvalue weighted by atomic mass is 35.5. The number of esters is 1. The molecule has 0 saturated heterocycles. The number of nitrogen functional groups attached to an aromatic ring is 1. The van der Waals surface area contributed by atoms with Gasteiger partial charge in [0.1, 0.15) is 5.69 Å². The molecule has 2 N–H and O–H groups in total. The predicted molar refractivity (Wildman–Crippen MR) is 74.4 cm³/mol. The van der Waals surface area contributed by atoms with E-state index < -0.39 is 50.5 Å². The highest BCUT2D eigenvalue weighted by Gasteiger charge is 2.40. The Kier molecular flexibility index (Phi) is 4.52. The van der Waals surface area contributed by atoms with Gasteiger partial charge in [-0.05, 0) is 6.07 Å². The first kappa shape index (κ1) is 17.7. The Morgan fingerprint density at radius 3 is 2.54 bits per heavy atom. The first-order valence-corrected chi connectivity index (χ1v) is 6.49. The van der Waals surface area contributed by atoms with E-state index in [9.17, 15) is 27.6 Å². The molecule has 0 amide bonds. The molecule has 2 heterocycles. The molecule has 0 fully saturated rings. The molecule has 0 aromatic carbocycles. The number of ether oxygens (including phenoxy) is 1. The summed E-state index contributed by atoms with van der Waals surface area (Å²) >= 11 is 5.70. The van der Waals surface area contributed by atoms with E-state index in [2.05, 4.69) is 9.72 Å². The van der Waals surface area contributed by atoms with Crippen molar-refractivity contribution in [3.63, 3.8) is 0 Å². The van der Waals surface area contributed by atoms with Crippen LogP contribution in [0.1, 0.15) is 16.2 Å². The maximum absolute atomic E-state index is 14.2. The maximum atomic E-state index is 14.2. The number of nitrogens with zero attached hydrogens (tertiary/aromatic N) is 2. The molecule has 2 aromatic heterocycles. The quantitative estimate of drug-likeness (QED) is 0.382. The summed E-state index contributed by atoms with van der Waals surface area (Å²) in [6.45, 7) is 0. The lowest BCUT2D eigenvalue weighted by atomic mass is 10.1. The van der Waals surface area contributed by atoms with Crippen LogP contribution in [0.3, 0.4) is 0 Å². The fraction of sp³-hybridized carbons (Fsp3) is 0.154. The van der Waals surface area contributed by atoms with Crippen LogP contribution in [0.2, 0.25) is 5.02 Å². The summed E-state index contributed by atoms with van der Waals surface area (Å²) in [5, 5.41) is 11.0. The van der Waals surface area contributed by atoms with Crippen LogP contribution < -0.4 is 10.5 Å². The maximum Gasteiger partial charge on any atom is 0.478 e. The number of nitrogens with two attached hydrogens (primary N) is 1. The second-order valence-corrected chi connectivity index (χ2v) is 4.85. The highest BCUT2D eigenvalue weighted by molar-refractivity contribution is 6.35. The average Bonchev–Trinajstić information content (AvgIpc) is 2.51. The van der Waals surface area contributed by atoms with E-state index in [1.54, 1.807) is 0 Å². The van der Waals surface area contributed by atoms with Gasteiger partial charge in [0, 0.05) is 6.07 Å². The van der Waals surface area contributed by atoms with Crippen molar-refractivity contribution in [3.8, 4) is 11.3 Å². The summed E-state index contributed by atoms with van der Waals surface area (Å²) in [6.07, 6.45) is -4.43. The Hall–Kier alpha value is -2.62. The molecule has 11 heteroatoms. The number of anilines is 1. The Labute approximate surface area is 137 Å². The summed E-state index contributed by atoms with van der Waals surface area (Å²) in [6, 6.07) is 1.27. The number of rotatable bonds is 2. The molecule has 2 aromatic rings. The van der Waals surface area contributed by atoms with Gasteiger partial charge < -0.3 is 15.7 Å². The van der Waals surface area contributed by atoms with E-state index in [1.807, 2.05) is 0 Å². The zero-order valence-electron chi connectivity index (χ0n) is 11.8. The van der Waals surface area contributed by atoms with Crippen LogP contribution >= 0.6 is 11.6 Å². The molecule has 2 rings (SSSR count). The van der Waals surface area contributed by atoms with Crippen molar-refractivity contribution in [2.45, 2.75) is 6.18 Å². The molecule has 0 radical (unpaired) electrons. The number of pyridine rings is 2. The van der Waals surface area contributed by atoms with E-state index in [-0.39, 0.29) is 5.56 Å². The van der Waals surface area contributed by atoms with E-state index in [0.29, 0.717) is 12.3 Å². The van der Waals surface area contributed by atoms with Crippen LogP contribution in [0.4, 0.5) is 23.2 Å². The second kappa shape index (κ2) is 6.11. The Balaban J connectivity index is 2.67. The van der Waals surface area contributed by atoms with E-state index in [1.165, 1.54) is 0 Å². The molecule has 6 nitrogen and oxygen atoms in total. The van der Waals surface area contributed by atoms with Crippen molar-refractivity contribution in [3.05, 3.63) is 45.8 Å². The third-order valence-corrected chi connectivity index (χ3v) is 3.35. The van der Waals surface area contributed by atoms with E-state index in [0.717, 1.165) is 13.2 Å². The normalized spacial score (nSPS) is 11.4. The third-order valence-electron chi connectivity index (χ3n) is 2.97. The summed E-state index contributed by atoms with van der Waals surface area (Å²) in [4.78, 5) is 15.2. The van der Waals surface area contributed by atoms with Crippen LogP contribution in [-0.4, -0.2) is 18.1 Å². The largest absolute Gasteiger partial charge is 0.618 e. The smallest absolute Gasteiger partial charge is 0.478 e. The van der Waals surface area contributed by atoms with Gasteiger partial charge in [-0.2, -0.15) is 17.9 Å². The number of hydrogen-bond acceptors (Lipinski definition) is 5. The van der Waals surface area contributed by atoms with Crippen LogP contribution in [0.25, 0.3) is 11.3 Å². The van der Waals surface area contributed by atoms with Crippen molar-refractivity contribution >= 4 is 23.3 Å². The van der Waals surface area contributed by atoms with Gasteiger partial charge in [-0.3, -0.25) is 0 Å². The lowest BCUT2D eigenvalue weighted by molar-refractivity contribution is -0.628. The monoisotopic (exact) mass is 365 g/mol. The number of methoxy groups -OCH3 is 1. The molecule has 0 aliphatic rings. The molecule has 0 unspecified atom stereocenters. The molecule has 24 heavy (non-hydrogen) atoms. The Morgan fingerprint density at radius 1 is 1.42 bits per heavy atom. The SMILES string of the molecule is COC(=O)c1nc(-c2ccc(C(F)(F)F)[n+]([O-])c2)c(F)c(N)c1Cl. The van der Waals surface area contributed by atoms with Crippen LogP contribution in [-0.2, 0) is 10.9 Å². The lowest BCUT2D eigenvalue weighted by Gasteiger charge is -2.12. The minimum Gasteiger partial charge on any atom is -0.618 e. The zero-order valence-corrected chi connectivity index (χ0v) is 12.6. The van der Waals surface area contributed by atoms with Crippen LogP contribution in [0.15, 0.2) is 18.3 Å². The summed E-state index contributed by atoms with van der Waals surface area (Å²) < 4.78 is 55.9. The van der Waals surface area contributed by atoms with Crippen molar-refractivity contribution in [2.75, 3.05) is 12.8 Å². The fourth-order valence-electron chi connectivity index (χ4n) is 1.83. The third kappa shape index (κ3) is 3.04. The fourth-order valence-corrected chi connectivity index (χ4v) is 2.03. The molecule has 128 valence electrons. The molecule has 0 bridgehead atoms. The number of carbonyl (C=O) groups excluding carboxylic acids is 1. The van der Waals surface area contributed by atoms with Crippen molar-refractivity contribution in [2.24, 2.45) is 0 Å². The number of alkyl halides is 3. The number of aromatic nitrogens is 2. The summed E-state index contributed by atoms with van der Waals surface area (Å²) in [7, 11) is 1.02. The number of halogens is 5. The lowest BCUT2D eigenvalue weighted by Crippen LogP contribution is -2.36. The van der Waals surface area contributed by atoms with Gasteiger partial charge in [0.15, 0.2) is 17.7 Å². The first-order chi connectivity index (χ1) is 11.1. The Morgan fingerprint density at radius 2 is 2.04 bits per heavy atom. The minimum absolute atomic E-state index is 0.330. The van der Waals surface area contributed by atoms with Gasteiger partial charge in [-0.1, -0.05) is 11.6 Å². The van der Waals surface area contributed by atoms with Crippen molar-refractivity contribution in [1.29, 1.82) is 0 Å². The second-order valence-electron chi connectivity index (χ2n) is 4.47. The van der Waals surface area contributed by atoms with Gasteiger partial charge in [0.2, 0.25) is 0 Å². The Bertz CT molecular complexity index is 827. The first-order valence-electron chi connectivity index (χ1n) is 6.11. The topological polar surface area (TPSA) is 92.1 Å². The number of carbonyl (C=O) groups is 1. The van der Waals surface area contributed by atoms with E-state index >= 15 is 0 Å². The standard InChI is InChI=1S/C13H8ClF4N3O3/c1-24-12(22)11-7(14)9(19)8(15)10(20-11)5-2-3-6(13(16,17)18)21(23)4-5/h2-4H,1H3,(H2,19,20). The summed E-state index contributed by atoms with van der Waals surface area (Å²) in [5.41, 5.74) is 1.80. The molecule has 0 aliphatic heterocycles. The van der Waals surface area contributed by atoms with Gasteiger partial charge in [0.05, 0.1) is 23.4 Å². The average molecular weight is 366 g/mol. The predicted octanol–water partition coefficient (Wildman–Crippen LogP) is 2.56.